The zero-order chi connectivity index (χ0) is 23.8. The highest BCUT2D eigenvalue weighted by molar-refractivity contribution is 5.76. The largest absolute Gasteiger partial charge is 0.508 e. The SMILES string of the molecule is CC(C)c1cc(-c2nnc(OCCN3CCNC3=O)n2-c2ccc3c(c2)CCC3)c(O)cc1O. The van der Waals surface area contributed by atoms with Gasteiger partial charge < -0.3 is 25.2 Å². The summed E-state index contributed by atoms with van der Waals surface area (Å²) in [7, 11) is 0. The minimum absolute atomic E-state index is 0.0419. The van der Waals surface area contributed by atoms with E-state index < -0.39 is 0 Å². The number of carbonyl (C=O) groups is 1. The van der Waals surface area contributed by atoms with Crippen LogP contribution < -0.4 is 10.1 Å². The van der Waals surface area contributed by atoms with Gasteiger partial charge in [-0.25, -0.2) is 9.36 Å². The average Bonchev–Trinajstić information content (AvgIpc) is 3.53. The number of rotatable bonds is 7. The summed E-state index contributed by atoms with van der Waals surface area (Å²) in [5, 5.41) is 32.4. The molecule has 2 amide bonds. The highest BCUT2D eigenvalue weighted by atomic mass is 16.5. The van der Waals surface area contributed by atoms with E-state index in [-0.39, 0.29) is 36.1 Å². The topological polar surface area (TPSA) is 113 Å². The fourth-order valence-corrected chi connectivity index (χ4v) is 4.68. The minimum atomic E-state index is -0.0976. The van der Waals surface area contributed by atoms with Gasteiger partial charge in [0.05, 0.1) is 17.8 Å². The third-order valence-electron chi connectivity index (χ3n) is 6.52. The molecule has 1 aliphatic carbocycles. The Morgan fingerprint density at radius 3 is 2.68 bits per heavy atom. The van der Waals surface area contributed by atoms with Crippen LogP contribution in [0.1, 0.15) is 42.9 Å². The van der Waals surface area contributed by atoms with Crippen LogP contribution in [-0.4, -0.2) is 62.1 Å². The lowest BCUT2D eigenvalue weighted by Gasteiger charge is -2.17. The molecule has 1 aliphatic heterocycles. The Morgan fingerprint density at radius 1 is 1.09 bits per heavy atom. The van der Waals surface area contributed by atoms with Crippen molar-refractivity contribution in [1.29, 1.82) is 0 Å². The lowest BCUT2D eigenvalue weighted by atomic mass is 9.98. The fraction of sp³-hybridized carbons (Fsp3) is 0.400. The van der Waals surface area contributed by atoms with E-state index in [9.17, 15) is 15.0 Å². The van der Waals surface area contributed by atoms with Gasteiger partial charge >= 0.3 is 12.0 Å². The molecule has 1 fully saturated rings. The van der Waals surface area contributed by atoms with Gasteiger partial charge in [-0.2, -0.15) is 0 Å². The van der Waals surface area contributed by atoms with Crippen molar-refractivity contribution < 1.29 is 19.7 Å². The molecular weight excluding hydrogens is 434 g/mol. The fourth-order valence-electron chi connectivity index (χ4n) is 4.68. The van der Waals surface area contributed by atoms with Gasteiger partial charge in [0.15, 0.2) is 5.82 Å². The van der Waals surface area contributed by atoms with Gasteiger partial charge in [0.25, 0.3) is 0 Å². The average molecular weight is 464 g/mol. The van der Waals surface area contributed by atoms with Crippen molar-refractivity contribution in [3.63, 3.8) is 0 Å². The second-order valence-corrected chi connectivity index (χ2v) is 9.10. The molecule has 34 heavy (non-hydrogen) atoms. The van der Waals surface area contributed by atoms with E-state index in [1.54, 1.807) is 15.5 Å². The summed E-state index contributed by atoms with van der Waals surface area (Å²) in [6.45, 7) is 5.92. The molecule has 9 nitrogen and oxygen atoms in total. The Labute approximate surface area is 198 Å². The van der Waals surface area contributed by atoms with Crippen LogP contribution in [0.3, 0.4) is 0 Å². The Balaban J connectivity index is 1.54. The van der Waals surface area contributed by atoms with E-state index in [0.29, 0.717) is 36.6 Å². The molecule has 1 saturated heterocycles. The predicted molar refractivity (Wildman–Crippen MR) is 127 cm³/mol. The van der Waals surface area contributed by atoms with Crippen LogP contribution in [0.25, 0.3) is 17.1 Å². The van der Waals surface area contributed by atoms with Gasteiger partial charge in [0, 0.05) is 19.2 Å². The van der Waals surface area contributed by atoms with Gasteiger partial charge in [0.2, 0.25) is 0 Å². The number of hydrogen-bond acceptors (Lipinski definition) is 6. The number of aromatic hydroxyl groups is 2. The molecule has 2 heterocycles. The summed E-state index contributed by atoms with van der Waals surface area (Å²) >= 11 is 0. The van der Waals surface area contributed by atoms with E-state index in [1.807, 2.05) is 19.9 Å². The summed E-state index contributed by atoms with van der Waals surface area (Å²) < 4.78 is 7.79. The number of aryl methyl sites for hydroxylation is 2. The zero-order valence-electron chi connectivity index (χ0n) is 19.4. The minimum Gasteiger partial charge on any atom is -0.508 e. The van der Waals surface area contributed by atoms with Crippen molar-refractivity contribution in [2.45, 2.75) is 39.0 Å². The third-order valence-corrected chi connectivity index (χ3v) is 6.52. The first kappa shape index (κ1) is 22.1. The molecule has 0 saturated carbocycles. The molecular formula is C25H29N5O4. The van der Waals surface area contributed by atoms with Crippen molar-refractivity contribution in [3.05, 3.63) is 47.0 Å². The van der Waals surface area contributed by atoms with E-state index >= 15 is 0 Å². The molecule has 5 rings (SSSR count). The number of aromatic nitrogens is 3. The van der Waals surface area contributed by atoms with Gasteiger partial charge in [-0.05, 0) is 60.1 Å². The molecule has 0 unspecified atom stereocenters. The standard InChI is InChI=1S/C25H29N5O4/c1-15(2)19-13-20(22(32)14-21(19)31)23-27-28-25(34-11-10-29-9-8-26-24(29)33)30(23)18-7-6-16-4-3-5-17(16)12-18/h6-7,12-15,31-32H,3-5,8-11H2,1-2H3,(H,26,33). The number of nitrogens with zero attached hydrogens (tertiary/aromatic N) is 4. The number of carbonyl (C=O) groups excluding carboxylic acids is 1. The molecule has 0 bridgehead atoms. The number of phenolic OH excluding ortho intramolecular Hbond substituents is 2. The summed E-state index contributed by atoms with van der Waals surface area (Å²) in [4.78, 5) is 13.5. The van der Waals surface area contributed by atoms with Crippen molar-refractivity contribution in [1.82, 2.24) is 25.0 Å². The lowest BCUT2D eigenvalue weighted by Crippen LogP contribution is -2.32. The maximum absolute atomic E-state index is 11.8. The first-order valence-corrected chi connectivity index (χ1v) is 11.7. The summed E-state index contributed by atoms with van der Waals surface area (Å²) in [5.74, 6) is 0.432. The molecule has 3 N–H and O–H groups in total. The maximum atomic E-state index is 11.8. The number of fused-ring (bicyclic) bond motifs is 1. The quantitative estimate of drug-likeness (QED) is 0.495. The van der Waals surface area contributed by atoms with E-state index in [0.717, 1.165) is 24.9 Å². The van der Waals surface area contributed by atoms with Crippen LogP contribution in [0, 0.1) is 0 Å². The smallest absolute Gasteiger partial charge is 0.322 e. The third kappa shape index (κ3) is 4.02. The van der Waals surface area contributed by atoms with Gasteiger partial charge in [-0.15, -0.1) is 5.10 Å². The summed E-state index contributed by atoms with van der Waals surface area (Å²) in [6, 6.07) is 9.54. The number of ether oxygens (including phenoxy) is 1. The highest BCUT2D eigenvalue weighted by Gasteiger charge is 2.24. The first-order chi connectivity index (χ1) is 16.4. The first-order valence-electron chi connectivity index (χ1n) is 11.7. The number of benzene rings is 2. The van der Waals surface area contributed by atoms with Gasteiger partial charge in [0.1, 0.15) is 18.1 Å². The Bertz CT molecular complexity index is 1240. The molecule has 2 aliphatic rings. The molecule has 0 radical (unpaired) electrons. The van der Waals surface area contributed by atoms with Crippen LogP contribution in [0.4, 0.5) is 4.79 Å². The molecule has 0 atom stereocenters. The van der Waals surface area contributed by atoms with E-state index in [1.165, 1.54) is 17.2 Å². The van der Waals surface area contributed by atoms with Crippen LogP contribution in [-0.2, 0) is 12.8 Å². The molecule has 3 aromatic rings. The molecule has 0 spiro atoms. The van der Waals surface area contributed by atoms with Crippen LogP contribution in [0.2, 0.25) is 0 Å². The van der Waals surface area contributed by atoms with Crippen LogP contribution >= 0.6 is 0 Å². The lowest BCUT2D eigenvalue weighted by molar-refractivity contribution is 0.198. The van der Waals surface area contributed by atoms with Crippen molar-refractivity contribution >= 4 is 6.03 Å². The number of phenols is 2. The maximum Gasteiger partial charge on any atom is 0.322 e. The summed E-state index contributed by atoms with van der Waals surface area (Å²) in [5.41, 5.74) is 4.64. The molecule has 1 aromatic heterocycles. The number of nitrogens with one attached hydrogen (secondary N) is 1. The second-order valence-electron chi connectivity index (χ2n) is 9.10. The van der Waals surface area contributed by atoms with Gasteiger partial charge in [-0.3, -0.25) is 0 Å². The van der Waals surface area contributed by atoms with E-state index in [4.69, 9.17) is 4.74 Å². The Kier molecular flexibility index (Phi) is 5.77. The van der Waals surface area contributed by atoms with Crippen LogP contribution in [0.15, 0.2) is 30.3 Å². The van der Waals surface area contributed by atoms with E-state index in [2.05, 4.69) is 27.6 Å². The van der Waals surface area contributed by atoms with Gasteiger partial charge in [-0.1, -0.05) is 25.0 Å². The second kappa shape index (κ2) is 8.89. The van der Waals surface area contributed by atoms with Crippen molar-refractivity contribution in [2.75, 3.05) is 26.2 Å². The number of amides is 2. The summed E-state index contributed by atoms with van der Waals surface area (Å²) in [6.07, 6.45) is 3.22. The number of urea groups is 1. The monoisotopic (exact) mass is 463 g/mol. The van der Waals surface area contributed by atoms with Crippen molar-refractivity contribution in [3.8, 4) is 34.6 Å². The van der Waals surface area contributed by atoms with Crippen molar-refractivity contribution in [2.24, 2.45) is 0 Å². The number of hydrogen-bond donors (Lipinski definition) is 3. The highest BCUT2D eigenvalue weighted by Crippen LogP contribution is 2.39. The Morgan fingerprint density at radius 2 is 1.91 bits per heavy atom. The molecule has 9 heteroatoms. The normalized spacial score (nSPS) is 15.1. The zero-order valence-corrected chi connectivity index (χ0v) is 19.4. The van der Waals surface area contributed by atoms with Crippen LogP contribution in [0.5, 0.6) is 17.5 Å². The molecule has 2 aromatic carbocycles. The Hall–Kier alpha value is -3.75. The molecule has 178 valence electrons. The predicted octanol–water partition coefficient (Wildman–Crippen LogP) is 3.36.